The second-order valence-electron chi connectivity index (χ2n) is 2.58. The number of carbonyl (C=O) groups is 1. The van der Waals surface area contributed by atoms with E-state index in [0.29, 0.717) is 0 Å². The largest absolute Gasteiger partial charge is 0.494 e. The number of alkyl halides is 2. The van der Waals surface area contributed by atoms with Crippen molar-refractivity contribution in [3.05, 3.63) is 17.5 Å². The Hall–Kier alpha value is -1.43. The summed E-state index contributed by atoms with van der Waals surface area (Å²) in [5, 5.41) is -0.869. The summed E-state index contributed by atoms with van der Waals surface area (Å²) in [4.78, 5) is 14.2. The molecule has 0 fully saturated rings. The molecule has 82 valence electrons. The van der Waals surface area contributed by atoms with Crippen LogP contribution in [0.1, 0.15) is 22.5 Å². The Morgan fingerprint density at radius 2 is 2.27 bits per heavy atom. The molecule has 2 N–H and O–H groups in total. The molecule has 1 heterocycles. The quantitative estimate of drug-likeness (QED) is 0.815. The van der Waals surface area contributed by atoms with E-state index in [9.17, 15) is 13.6 Å². The second-order valence-corrected chi connectivity index (χ2v) is 2.92. The number of hydrogen-bond donors (Lipinski definition) is 1. The van der Waals surface area contributed by atoms with Crippen LogP contribution < -0.4 is 10.5 Å². The van der Waals surface area contributed by atoms with Crippen molar-refractivity contribution >= 4 is 22.5 Å². The van der Waals surface area contributed by atoms with Gasteiger partial charge < -0.3 is 10.5 Å². The third-order valence-corrected chi connectivity index (χ3v) is 1.92. The first-order chi connectivity index (χ1) is 6.99. The molecule has 4 nitrogen and oxygen atoms in total. The fourth-order valence-corrected chi connectivity index (χ4v) is 1.19. The monoisotopic (exact) mass is 236 g/mol. The smallest absolute Gasteiger partial charge is 0.282 e. The van der Waals surface area contributed by atoms with Crippen molar-refractivity contribution in [2.24, 2.45) is 0 Å². The summed E-state index contributed by atoms with van der Waals surface area (Å²) in [7, 11) is 1.20. The summed E-state index contributed by atoms with van der Waals surface area (Å²) in [6.07, 6.45) is -1.93. The Bertz CT molecular complexity index is 398. The molecule has 7 heteroatoms. The average Bonchev–Trinajstić information content (AvgIpc) is 2.16. The Morgan fingerprint density at radius 1 is 1.67 bits per heavy atom. The summed E-state index contributed by atoms with van der Waals surface area (Å²) >= 11 is 5.19. The fraction of sp³-hybridized carbons (Fsp3) is 0.250. The zero-order valence-electron chi connectivity index (χ0n) is 7.63. The van der Waals surface area contributed by atoms with Crippen LogP contribution >= 0.6 is 11.6 Å². The van der Waals surface area contributed by atoms with Crippen molar-refractivity contribution in [1.29, 1.82) is 0 Å². The van der Waals surface area contributed by atoms with Gasteiger partial charge >= 0.3 is 0 Å². The molecule has 0 saturated heterocycles. The Morgan fingerprint density at radius 3 is 2.67 bits per heavy atom. The van der Waals surface area contributed by atoms with Gasteiger partial charge in [-0.1, -0.05) is 0 Å². The third-order valence-electron chi connectivity index (χ3n) is 1.72. The minimum Gasteiger partial charge on any atom is -0.494 e. The van der Waals surface area contributed by atoms with Crippen LogP contribution in [-0.4, -0.2) is 17.3 Å². The minimum absolute atomic E-state index is 0.138. The number of aromatic nitrogens is 1. The molecule has 0 saturated carbocycles. The summed E-state index contributed by atoms with van der Waals surface area (Å²) < 4.78 is 29.4. The van der Waals surface area contributed by atoms with E-state index in [0.717, 1.165) is 6.20 Å². The van der Waals surface area contributed by atoms with Gasteiger partial charge in [-0.15, -0.1) is 0 Å². The number of rotatable bonds is 3. The van der Waals surface area contributed by atoms with Gasteiger partial charge in [0, 0.05) is 6.20 Å². The van der Waals surface area contributed by atoms with Crippen LogP contribution in [0.15, 0.2) is 6.20 Å². The fourth-order valence-electron chi connectivity index (χ4n) is 1.06. The second kappa shape index (κ2) is 4.39. The van der Waals surface area contributed by atoms with E-state index in [1.54, 1.807) is 0 Å². The highest BCUT2D eigenvalue weighted by atomic mass is 35.5. The van der Waals surface area contributed by atoms with Gasteiger partial charge in [-0.05, 0) is 11.6 Å². The first kappa shape index (κ1) is 11.6. The van der Waals surface area contributed by atoms with Crippen molar-refractivity contribution in [3.8, 4) is 5.75 Å². The number of ether oxygens (including phenoxy) is 1. The van der Waals surface area contributed by atoms with E-state index >= 15 is 0 Å². The zero-order chi connectivity index (χ0) is 11.6. The summed E-state index contributed by atoms with van der Waals surface area (Å²) in [6.45, 7) is 0. The van der Waals surface area contributed by atoms with Crippen LogP contribution in [-0.2, 0) is 0 Å². The van der Waals surface area contributed by atoms with Gasteiger partial charge in [0.1, 0.15) is 11.4 Å². The normalized spacial score (nSPS) is 10.5. The lowest BCUT2D eigenvalue weighted by Gasteiger charge is -2.10. The number of carbonyl (C=O) groups excluding carboxylic acids is 1. The number of anilines is 1. The molecule has 15 heavy (non-hydrogen) atoms. The summed E-state index contributed by atoms with van der Waals surface area (Å²) in [5.41, 5.74) is 4.21. The highest BCUT2D eigenvalue weighted by Gasteiger charge is 2.21. The molecular weight excluding hydrogens is 230 g/mol. The summed E-state index contributed by atoms with van der Waals surface area (Å²) in [5.74, 6) is -0.180. The molecule has 0 unspecified atom stereocenters. The maximum absolute atomic E-state index is 12.4. The van der Waals surface area contributed by atoms with Crippen LogP contribution in [0.4, 0.5) is 14.5 Å². The van der Waals surface area contributed by atoms with Gasteiger partial charge in [0.25, 0.3) is 11.7 Å². The first-order valence-electron chi connectivity index (χ1n) is 3.79. The number of halogens is 3. The average molecular weight is 237 g/mol. The van der Waals surface area contributed by atoms with Gasteiger partial charge in [0.2, 0.25) is 0 Å². The van der Waals surface area contributed by atoms with Crippen molar-refractivity contribution in [1.82, 2.24) is 4.98 Å². The maximum Gasteiger partial charge on any atom is 0.282 e. The lowest BCUT2D eigenvalue weighted by molar-refractivity contribution is 0.107. The summed E-state index contributed by atoms with van der Waals surface area (Å²) in [6, 6.07) is 0. The predicted octanol–water partition coefficient (Wildman–Crippen LogP) is 1.99. The van der Waals surface area contributed by atoms with Crippen molar-refractivity contribution in [3.63, 3.8) is 0 Å². The topological polar surface area (TPSA) is 65.2 Å². The highest BCUT2D eigenvalue weighted by Crippen LogP contribution is 2.33. The van der Waals surface area contributed by atoms with E-state index in [-0.39, 0.29) is 17.0 Å². The van der Waals surface area contributed by atoms with Crippen molar-refractivity contribution in [2.45, 2.75) is 6.43 Å². The molecule has 0 spiro atoms. The van der Waals surface area contributed by atoms with E-state index in [1.165, 1.54) is 7.11 Å². The van der Waals surface area contributed by atoms with Crippen LogP contribution in [0, 0.1) is 0 Å². The SMILES string of the molecule is COc1c(C(=O)Cl)cnc(C(F)F)c1N. The molecule has 0 radical (unpaired) electrons. The Labute approximate surface area is 89.0 Å². The van der Waals surface area contributed by atoms with Gasteiger partial charge in [0.15, 0.2) is 5.75 Å². The number of nitrogens with zero attached hydrogens (tertiary/aromatic N) is 1. The first-order valence-corrected chi connectivity index (χ1v) is 4.17. The molecule has 0 aliphatic rings. The van der Waals surface area contributed by atoms with Crippen LogP contribution in [0.2, 0.25) is 0 Å². The van der Waals surface area contributed by atoms with Gasteiger partial charge in [0.05, 0.1) is 12.7 Å². The molecule has 0 aliphatic heterocycles. The molecule has 0 atom stereocenters. The van der Waals surface area contributed by atoms with Crippen molar-refractivity contribution < 1.29 is 18.3 Å². The molecule has 0 aliphatic carbocycles. The van der Waals surface area contributed by atoms with E-state index in [4.69, 9.17) is 22.1 Å². The van der Waals surface area contributed by atoms with Gasteiger partial charge in [-0.25, -0.2) is 8.78 Å². The number of pyridine rings is 1. The van der Waals surface area contributed by atoms with E-state index < -0.39 is 17.4 Å². The third kappa shape index (κ3) is 2.15. The van der Waals surface area contributed by atoms with E-state index in [2.05, 4.69) is 4.98 Å². The van der Waals surface area contributed by atoms with Crippen LogP contribution in [0.5, 0.6) is 5.75 Å². The van der Waals surface area contributed by atoms with Gasteiger partial charge in [-0.2, -0.15) is 0 Å². The molecule has 1 aromatic heterocycles. The molecule has 1 aromatic rings. The number of methoxy groups -OCH3 is 1. The van der Waals surface area contributed by atoms with Crippen LogP contribution in [0.3, 0.4) is 0 Å². The molecule has 0 aromatic carbocycles. The van der Waals surface area contributed by atoms with Crippen molar-refractivity contribution in [2.75, 3.05) is 12.8 Å². The molecular formula is C8H7ClF2N2O2. The lowest BCUT2D eigenvalue weighted by Crippen LogP contribution is -2.06. The molecule has 0 amide bonds. The number of nitrogens with two attached hydrogens (primary N) is 1. The maximum atomic E-state index is 12.4. The molecule has 0 bridgehead atoms. The standard InChI is InChI=1S/C8H7ClF2N2O2/c1-15-6-3(7(9)14)2-13-5(4(6)12)8(10)11/h2,8H,12H2,1H3. The number of hydrogen-bond acceptors (Lipinski definition) is 4. The Balaban J connectivity index is 3.39. The minimum atomic E-state index is -2.83. The van der Waals surface area contributed by atoms with E-state index in [1.807, 2.05) is 0 Å². The predicted molar refractivity (Wildman–Crippen MR) is 50.3 cm³/mol. The van der Waals surface area contributed by atoms with Gasteiger partial charge in [-0.3, -0.25) is 9.78 Å². The highest BCUT2D eigenvalue weighted by molar-refractivity contribution is 6.68. The zero-order valence-corrected chi connectivity index (χ0v) is 8.39. The lowest BCUT2D eigenvalue weighted by atomic mass is 10.2. The van der Waals surface area contributed by atoms with Crippen LogP contribution in [0.25, 0.3) is 0 Å². The molecule has 1 rings (SSSR count). The number of nitrogen functional groups attached to an aromatic ring is 1. The Kier molecular flexibility index (Phi) is 3.41.